The number of amides is 2. The van der Waals surface area contributed by atoms with Crippen LogP contribution in [0.5, 0.6) is 0 Å². The van der Waals surface area contributed by atoms with Crippen molar-refractivity contribution in [1.29, 1.82) is 0 Å². The second-order valence-electron chi connectivity index (χ2n) is 10.5. The fourth-order valence-electron chi connectivity index (χ4n) is 4.93. The number of benzene rings is 4. The minimum atomic E-state index is -0.00360. The van der Waals surface area contributed by atoms with Crippen LogP contribution in [0.25, 0.3) is 45.1 Å². The predicted octanol–water partition coefficient (Wildman–Crippen LogP) is 8.61. The summed E-state index contributed by atoms with van der Waals surface area (Å²) in [6.07, 6.45) is 5.43. The maximum absolute atomic E-state index is 12.4. The van der Waals surface area contributed by atoms with Crippen molar-refractivity contribution in [2.75, 3.05) is 10.6 Å². The molecule has 6 rings (SSSR count). The Bertz CT molecular complexity index is 1640. The molecule has 0 unspecified atom stereocenters. The Morgan fingerprint density at radius 2 is 0.907 bits per heavy atom. The molecule has 43 heavy (non-hydrogen) atoms. The molecule has 2 heterocycles. The molecule has 0 aliphatic rings. The lowest BCUT2D eigenvalue weighted by Gasteiger charge is -2.07. The number of hydrogen-bond acceptors (Lipinski definition) is 6. The zero-order valence-electron chi connectivity index (χ0n) is 23.7. The van der Waals surface area contributed by atoms with Gasteiger partial charge in [-0.05, 0) is 85.6 Å². The molecule has 0 saturated carbocycles. The average Bonchev–Trinajstić information content (AvgIpc) is 3.66. The number of rotatable bonds is 12. The van der Waals surface area contributed by atoms with Crippen LogP contribution in [0.4, 0.5) is 11.4 Å². The van der Waals surface area contributed by atoms with E-state index >= 15 is 0 Å². The Hall–Kier alpha value is -5.24. The van der Waals surface area contributed by atoms with E-state index in [1.807, 2.05) is 97.1 Å². The zero-order valence-corrected chi connectivity index (χ0v) is 23.7. The third-order valence-electron chi connectivity index (χ3n) is 7.23. The quantitative estimate of drug-likeness (QED) is 0.142. The summed E-state index contributed by atoms with van der Waals surface area (Å²) < 4.78 is 11.6. The average molecular weight is 573 g/mol. The highest BCUT2D eigenvalue weighted by Crippen LogP contribution is 2.26. The number of carbonyl (C=O) groups is 2. The van der Waals surface area contributed by atoms with Crippen LogP contribution in [0.2, 0.25) is 0 Å². The molecule has 0 atom stereocenters. The molecular weight excluding hydrogens is 540 g/mol. The van der Waals surface area contributed by atoms with Crippen molar-refractivity contribution in [2.45, 2.75) is 44.9 Å². The van der Waals surface area contributed by atoms with Crippen molar-refractivity contribution in [2.24, 2.45) is 0 Å². The first-order chi connectivity index (χ1) is 21.1. The molecule has 2 N–H and O–H groups in total. The Labute approximate surface area is 249 Å². The standard InChI is InChI=1S/C35H32N4O4/c40-32(36-26-20-16-24(17-21-26)34-38-28-10-6-8-12-30(28)42-34)14-4-2-1-3-5-15-33(41)37-27-22-18-25(19-23-27)35-39-29-11-7-9-13-31(29)43-35/h6-13,16-23H,1-5,14-15H2,(H,36,40)(H,37,41). The van der Waals surface area contributed by atoms with Crippen LogP contribution >= 0.6 is 0 Å². The fraction of sp³-hybridized carbons (Fsp3) is 0.200. The van der Waals surface area contributed by atoms with Crippen LogP contribution in [-0.2, 0) is 9.59 Å². The Morgan fingerprint density at radius 1 is 0.512 bits per heavy atom. The number of nitrogens with zero attached hydrogens (tertiary/aromatic N) is 2. The molecule has 2 amide bonds. The van der Waals surface area contributed by atoms with Gasteiger partial charge in [0.15, 0.2) is 11.2 Å². The van der Waals surface area contributed by atoms with E-state index < -0.39 is 0 Å². The van der Waals surface area contributed by atoms with Crippen LogP contribution < -0.4 is 10.6 Å². The minimum absolute atomic E-state index is 0.00360. The molecule has 0 bridgehead atoms. The molecule has 0 aliphatic carbocycles. The zero-order chi connectivity index (χ0) is 29.4. The van der Waals surface area contributed by atoms with Gasteiger partial charge in [0.1, 0.15) is 11.0 Å². The molecule has 0 fully saturated rings. The lowest BCUT2D eigenvalue weighted by molar-refractivity contribution is -0.117. The number of para-hydroxylation sites is 4. The van der Waals surface area contributed by atoms with E-state index in [0.717, 1.165) is 76.8 Å². The number of fused-ring (bicyclic) bond motifs is 2. The number of unbranched alkanes of at least 4 members (excludes halogenated alkanes) is 4. The van der Waals surface area contributed by atoms with E-state index in [0.29, 0.717) is 24.6 Å². The Kier molecular flexibility index (Phi) is 8.54. The van der Waals surface area contributed by atoms with E-state index in [1.54, 1.807) is 0 Å². The normalized spacial score (nSPS) is 11.2. The topological polar surface area (TPSA) is 110 Å². The number of oxazole rings is 2. The van der Waals surface area contributed by atoms with Crippen LogP contribution in [0.1, 0.15) is 44.9 Å². The smallest absolute Gasteiger partial charge is 0.227 e. The summed E-state index contributed by atoms with van der Waals surface area (Å²) in [6.45, 7) is 0. The molecule has 4 aromatic carbocycles. The second-order valence-corrected chi connectivity index (χ2v) is 10.5. The van der Waals surface area contributed by atoms with Crippen molar-refractivity contribution in [3.63, 3.8) is 0 Å². The van der Waals surface area contributed by atoms with Gasteiger partial charge in [0.2, 0.25) is 23.6 Å². The van der Waals surface area contributed by atoms with Gasteiger partial charge < -0.3 is 19.5 Å². The van der Waals surface area contributed by atoms with E-state index in [4.69, 9.17) is 8.83 Å². The van der Waals surface area contributed by atoms with Crippen LogP contribution in [0.3, 0.4) is 0 Å². The van der Waals surface area contributed by atoms with Crippen molar-refractivity contribution in [3.05, 3.63) is 97.1 Å². The summed E-state index contributed by atoms with van der Waals surface area (Å²) >= 11 is 0. The van der Waals surface area contributed by atoms with Crippen molar-refractivity contribution in [1.82, 2.24) is 9.97 Å². The number of aromatic nitrogens is 2. The molecule has 6 aromatic rings. The van der Waals surface area contributed by atoms with Crippen molar-refractivity contribution in [3.8, 4) is 22.9 Å². The van der Waals surface area contributed by atoms with Gasteiger partial charge in [-0.3, -0.25) is 9.59 Å². The number of nitrogens with one attached hydrogen (secondary N) is 2. The Balaban J connectivity index is 0.848. The van der Waals surface area contributed by atoms with Gasteiger partial charge >= 0.3 is 0 Å². The van der Waals surface area contributed by atoms with Crippen LogP contribution in [0.15, 0.2) is 106 Å². The SMILES string of the molecule is O=C(CCCCCCCC(=O)Nc1ccc(-c2nc3ccccc3o2)cc1)Nc1ccc(-c2nc3ccccc3o2)cc1. The second kappa shape index (κ2) is 13.2. The molecule has 0 spiro atoms. The lowest BCUT2D eigenvalue weighted by atomic mass is 10.1. The predicted molar refractivity (Wildman–Crippen MR) is 168 cm³/mol. The van der Waals surface area contributed by atoms with Gasteiger partial charge in [0, 0.05) is 35.3 Å². The van der Waals surface area contributed by atoms with E-state index in [2.05, 4.69) is 20.6 Å². The van der Waals surface area contributed by atoms with Crippen molar-refractivity contribution < 1.29 is 18.4 Å². The monoisotopic (exact) mass is 572 g/mol. The maximum atomic E-state index is 12.4. The largest absolute Gasteiger partial charge is 0.436 e. The van der Waals surface area contributed by atoms with Crippen LogP contribution in [0, 0.1) is 0 Å². The van der Waals surface area contributed by atoms with Gasteiger partial charge in [0.05, 0.1) is 0 Å². The first-order valence-electron chi connectivity index (χ1n) is 14.6. The number of anilines is 2. The summed E-state index contributed by atoms with van der Waals surface area (Å²) in [7, 11) is 0. The first kappa shape index (κ1) is 27.9. The molecule has 216 valence electrons. The minimum Gasteiger partial charge on any atom is -0.436 e. The highest BCUT2D eigenvalue weighted by Gasteiger charge is 2.10. The third-order valence-corrected chi connectivity index (χ3v) is 7.23. The summed E-state index contributed by atoms with van der Waals surface area (Å²) in [5.74, 6) is 1.11. The fourth-order valence-corrected chi connectivity index (χ4v) is 4.93. The summed E-state index contributed by atoms with van der Waals surface area (Å²) in [4.78, 5) is 33.8. The Morgan fingerprint density at radius 3 is 1.33 bits per heavy atom. The molecule has 8 nitrogen and oxygen atoms in total. The van der Waals surface area contributed by atoms with Gasteiger partial charge in [-0.25, -0.2) is 9.97 Å². The van der Waals surface area contributed by atoms with E-state index in [9.17, 15) is 9.59 Å². The highest BCUT2D eigenvalue weighted by molar-refractivity contribution is 5.91. The third kappa shape index (κ3) is 7.16. The summed E-state index contributed by atoms with van der Waals surface area (Å²) in [6, 6.07) is 30.3. The van der Waals surface area contributed by atoms with Gasteiger partial charge in [-0.1, -0.05) is 43.5 Å². The molecular formula is C35H32N4O4. The molecule has 0 saturated heterocycles. The highest BCUT2D eigenvalue weighted by atomic mass is 16.4. The summed E-state index contributed by atoms with van der Waals surface area (Å²) in [5, 5.41) is 5.91. The van der Waals surface area contributed by atoms with E-state index in [-0.39, 0.29) is 11.8 Å². The van der Waals surface area contributed by atoms with Crippen molar-refractivity contribution >= 4 is 45.4 Å². The first-order valence-corrected chi connectivity index (χ1v) is 14.6. The number of carbonyl (C=O) groups excluding carboxylic acids is 2. The number of hydrogen-bond donors (Lipinski definition) is 2. The molecule has 2 aromatic heterocycles. The van der Waals surface area contributed by atoms with Gasteiger partial charge in [-0.2, -0.15) is 0 Å². The lowest BCUT2D eigenvalue weighted by Crippen LogP contribution is -2.11. The van der Waals surface area contributed by atoms with Gasteiger partial charge in [-0.15, -0.1) is 0 Å². The molecule has 8 heteroatoms. The van der Waals surface area contributed by atoms with Crippen LogP contribution in [-0.4, -0.2) is 21.8 Å². The summed E-state index contributed by atoms with van der Waals surface area (Å²) in [5.41, 5.74) is 6.34. The van der Waals surface area contributed by atoms with Gasteiger partial charge in [0.25, 0.3) is 0 Å². The molecule has 0 aliphatic heterocycles. The molecule has 0 radical (unpaired) electrons. The maximum Gasteiger partial charge on any atom is 0.227 e. The van der Waals surface area contributed by atoms with E-state index in [1.165, 1.54) is 0 Å².